The van der Waals surface area contributed by atoms with Crippen LogP contribution in [-0.2, 0) is 85.8 Å². The van der Waals surface area contributed by atoms with Gasteiger partial charge in [-0.3, -0.25) is 38.4 Å². The molecule has 756 valence electrons. The van der Waals surface area contributed by atoms with Crippen molar-refractivity contribution in [2.75, 3.05) is 47.1 Å². The predicted molar refractivity (Wildman–Crippen MR) is 515 cm³/mol. The number of fused-ring (bicyclic) bond motifs is 6. The van der Waals surface area contributed by atoms with Gasteiger partial charge >= 0.3 is 11.9 Å². The van der Waals surface area contributed by atoms with Gasteiger partial charge in [-0.2, -0.15) is 0 Å². The quantitative estimate of drug-likeness (QED) is 0.0581. The van der Waals surface area contributed by atoms with Crippen LogP contribution in [0.15, 0.2) is 102 Å². The Balaban J connectivity index is 0.000000332. The number of ketones is 6. The van der Waals surface area contributed by atoms with Crippen molar-refractivity contribution in [2.45, 2.75) is 370 Å². The summed E-state index contributed by atoms with van der Waals surface area (Å²) >= 11 is 0. The molecule has 1 aromatic rings. The third-order valence-electron chi connectivity index (χ3n) is 30.7. The first-order chi connectivity index (χ1) is 64.0. The van der Waals surface area contributed by atoms with Gasteiger partial charge in [-0.05, 0) is 243 Å². The van der Waals surface area contributed by atoms with E-state index in [0.29, 0.717) is 133 Å². The van der Waals surface area contributed by atoms with Crippen LogP contribution in [0.4, 0.5) is 0 Å². The molecule has 7 heterocycles. The number of carbonyl (C=O) groups excluding carboxylic acids is 10. The van der Waals surface area contributed by atoms with Crippen LogP contribution in [0.5, 0.6) is 0 Å². The molecule has 4 bridgehead atoms. The number of esters is 2. The van der Waals surface area contributed by atoms with Crippen molar-refractivity contribution in [1.29, 1.82) is 0 Å². The van der Waals surface area contributed by atoms with E-state index in [1.165, 1.54) is 9.80 Å². The average molecular weight is 1890 g/mol. The third-order valence-corrected chi connectivity index (χ3v) is 30.7. The van der Waals surface area contributed by atoms with Crippen LogP contribution in [-0.4, -0.2) is 235 Å². The molecule has 6 fully saturated rings. The molecular weight excluding hydrogens is 1720 g/mol. The third kappa shape index (κ3) is 31.5. The van der Waals surface area contributed by atoms with Crippen LogP contribution < -0.4 is 0 Å². The van der Waals surface area contributed by atoms with E-state index in [0.717, 1.165) is 49.7 Å². The molecule has 30 atom stereocenters. The van der Waals surface area contributed by atoms with Gasteiger partial charge in [0.25, 0.3) is 23.4 Å². The summed E-state index contributed by atoms with van der Waals surface area (Å²) in [6.07, 6.45) is 31.8. The van der Waals surface area contributed by atoms with Crippen molar-refractivity contribution in [3.05, 3.63) is 102 Å². The lowest BCUT2D eigenvalue weighted by molar-refractivity contribution is -0.265. The van der Waals surface area contributed by atoms with E-state index < -0.39 is 143 Å². The summed E-state index contributed by atoms with van der Waals surface area (Å²) in [4.78, 5) is 144. The molecule has 6 aliphatic heterocycles. The number of hydrogen-bond acceptors (Lipinski definition) is 25. The molecule has 4 saturated heterocycles. The summed E-state index contributed by atoms with van der Waals surface area (Å²) in [6.45, 7) is 37.8. The Morgan fingerprint density at radius 1 is 0.496 bits per heavy atom. The highest BCUT2D eigenvalue weighted by atomic mass is 16.6. The van der Waals surface area contributed by atoms with Crippen molar-refractivity contribution in [3.8, 4) is 0 Å². The van der Waals surface area contributed by atoms with E-state index in [1.54, 1.807) is 88.1 Å². The Kier molecular flexibility index (Phi) is 44.9. The van der Waals surface area contributed by atoms with Gasteiger partial charge in [0, 0.05) is 107 Å². The number of hydrogen-bond donors (Lipinski definition) is 4. The smallest absolute Gasteiger partial charge is 0.329 e. The van der Waals surface area contributed by atoms with E-state index in [-0.39, 0.29) is 121 Å². The molecular formula is C107H166N6O22. The number of nitrogens with zero attached hydrogens (tertiary/aromatic N) is 6. The maximum absolute atomic E-state index is 14.5. The summed E-state index contributed by atoms with van der Waals surface area (Å²) in [5.41, 5.74) is 2.82. The number of aliphatic hydroxyl groups excluding tert-OH is 2. The van der Waals surface area contributed by atoms with Crippen molar-refractivity contribution in [1.82, 2.24) is 30.0 Å². The first kappa shape index (κ1) is 113. The molecule has 4 N–H and O–H groups in total. The molecule has 2 amide bonds. The minimum absolute atomic E-state index is 0.0545. The fourth-order valence-electron chi connectivity index (χ4n) is 21.8. The normalized spacial score (nSPS) is 38.7. The van der Waals surface area contributed by atoms with E-state index in [9.17, 15) is 68.4 Å². The first-order valence-corrected chi connectivity index (χ1v) is 50.7. The number of methoxy groups -OCH3 is 2. The van der Waals surface area contributed by atoms with Crippen LogP contribution in [0, 0.1) is 94.7 Å². The zero-order valence-corrected chi connectivity index (χ0v) is 85.0. The number of ether oxygens (including phenoxy) is 8. The van der Waals surface area contributed by atoms with Crippen LogP contribution >= 0.6 is 0 Å². The zero-order valence-electron chi connectivity index (χ0n) is 85.0. The predicted octanol–water partition coefficient (Wildman–Crippen LogP) is 15.8. The number of allylic oxidation sites excluding steroid dienone is 12. The van der Waals surface area contributed by atoms with Gasteiger partial charge in [-0.25, -0.2) is 14.3 Å². The molecule has 2 aliphatic carbocycles. The number of aromatic nitrogens is 4. The minimum Gasteiger partial charge on any atom is -0.460 e. The maximum Gasteiger partial charge on any atom is 0.329 e. The number of piperidine rings is 2. The highest BCUT2D eigenvalue weighted by Crippen LogP contribution is 2.44. The van der Waals surface area contributed by atoms with Crippen molar-refractivity contribution in [2.24, 2.45) is 94.7 Å². The number of cyclic esters (lactones) is 2. The molecule has 0 radical (unpaired) electrons. The van der Waals surface area contributed by atoms with Crippen LogP contribution in [0.2, 0.25) is 0 Å². The van der Waals surface area contributed by atoms with Gasteiger partial charge < -0.3 is 68.1 Å². The topological polar surface area (TPSA) is 376 Å². The monoisotopic (exact) mass is 1890 g/mol. The van der Waals surface area contributed by atoms with Crippen molar-refractivity contribution >= 4 is 58.5 Å². The number of carbonyl (C=O) groups is 10. The van der Waals surface area contributed by atoms with E-state index in [4.69, 9.17) is 37.9 Å². The second-order valence-electron chi connectivity index (χ2n) is 41.7. The highest BCUT2D eigenvalue weighted by molar-refractivity contribution is 6.39. The Hall–Kier alpha value is -7.51. The molecule has 28 nitrogen and oxygen atoms in total. The van der Waals surface area contributed by atoms with Gasteiger partial charge in [0.15, 0.2) is 0 Å². The van der Waals surface area contributed by atoms with Gasteiger partial charge in [-0.1, -0.05) is 170 Å². The Labute approximate surface area is 804 Å². The maximum atomic E-state index is 14.5. The van der Waals surface area contributed by atoms with Crippen LogP contribution in [0.3, 0.4) is 0 Å². The van der Waals surface area contributed by atoms with Crippen molar-refractivity contribution < 1.29 is 106 Å². The average Bonchev–Trinajstić information content (AvgIpc) is 1.53. The molecule has 8 aliphatic rings. The van der Waals surface area contributed by atoms with E-state index in [1.807, 2.05) is 128 Å². The fourth-order valence-corrected chi connectivity index (χ4v) is 21.8. The largest absolute Gasteiger partial charge is 0.460 e. The van der Waals surface area contributed by atoms with Gasteiger partial charge in [0.2, 0.25) is 11.6 Å². The molecule has 1 aromatic heterocycles. The lowest BCUT2D eigenvalue weighted by Crippen LogP contribution is -2.61. The van der Waals surface area contributed by atoms with Gasteiger partial charge in [-0.15, -0.1) is 5.10 Å². The molecule has 0 spiro atoms. The number of tetrazole rings is 1. The number of amides is 2. The Morgan fingerprint density at radius 2 is 0.926 bits per heavy atom. The number of Topliss-reactive ketones (excluding diaryl/α,β-unsaturated/α-hetero) is 6. The summed E-state index contributed by atoms with van der Waals surface area (Å²) in [5.74, 6) is -14.9. The lowest BCUT2D eigenvalue weighted by atomic mass is 9.74. The molecule has 28 heteroatoms. The molecule has 9 rings (SSSR count). The highest BCUT2D eigenvalue weighted by Gasteiger charge is 2.56. The Bertz CT molecular complexity index is 4320. The summed E-state index contributed by atoms with van der Waals surface area (Å²) < 4.78 is 50.2. The molecule has 0 unspecified atom stereocenters. The first-order valence-electron chi connectivity index (χ1n) is 50.7. The summed E-state index contributed by atoms with van der Waals surface area (Å²) in [6, 6.07) is -2.04. The second kappa shape index (κ2) is 53.8. The molecule has 2 saturated carbocycles. The zero-order chi connectivity index (χ0) is 99.5. The second-order valence-corrected chi connectivity index (χ2v) is 41.7. The standard InChI is InChI=1S/C55H87NO12.C52H79N5O10/c1-12-65-26-27-66-47-24-22-43(30-37(47)5)31-38(6)49-33-46(57)36(4)29-40(8)51(59)42(10)50(58)39(7)28-34(2)18-14-13-15-19-35(3)48(64-11)32-44-23-21-41(9)55(63,68-44)52(60)53(61)56-25-17-16-20-45(56)54(62)67-49;1-31-16-12-11-13-17-32(2)45(65-10)28-41-21-19-38(8)52(64,67-41)49(61)50(62)56-23-15-14-18-43(56)51(63)66-46(35(5)27-40-20-22-42(33(3)26-40)57-30-53-54-55-57)29-44(58)34(4)25-37(7)48(60)39(9)47(59)36(6)24-31/h13-15,18-19,29,34,36-39,41-45,47-49,51,59,63H,12,16-17,20-28,30-33H2,1-11H3;11-13,16-17,25,30-31,33-36,38-43,45-46,48,60,64H,14-15,18-24,26-29H2,1-10H3/b15-13+,18-14+,35-19+,40-29+;13-11?,16-12+,32-17?,37-25+/t34-,36-,37-,38-,39-,41-,42+,43-,44+,45+,47-,48+,49+,51-,55-;31-,33-,34-,35-,36-,38-,39+,40-,41+,42-,43+,45+,46+,48-,52-/m11/s1. The van der Waals surface area contributed by atoms with E-state index >= 15 is 0 Å². The van der Waals surface area contributed by atoms with Gasteiger partial charge in [0.05, 0.1) is 62.0 Å². The number of aliphatic hydroxyl groups is 4. The van der Waals surface area contributed by atoms with Gasteiger partial charge in [0.1, 0.15) is 53.8 Å². The molecule has 0 aromatic carbocycles. The fraction of sp³-hybridized carbons (Fsp3) is 0.748. The summed E-state index contributed by atoms with van der Waals surface area (Å²) in [5, 5.41) is 58.6. The van der Waals surface area contributed by atoms with Crippen molar-refractivity contribution in [3.63, 3.8) is 0 Å². The SMILES string of the molecule is CCOCCO[C@@H]1CC[C@@H](C[C@@H](C)[C@@H]2CC(=O)[C@H](C)/C=C(\C)[C@@H](O)[C@@H](C)C(=O)[C@H](C)C[C@H](C)/C=C/C=C/C=C(\C)[C@@H](OC)C[C@@H]3CC[C@@H](C)[C@@](O)(O3)C(=O)C(=O)N3CCCC[C@H]3C(=O)O2)C[C@H]1C.CO[C@H]1C[C@@H]2CC[C@@H](C)[C@@](O)(O2)C(=O)C(=O)N2CCCC[C@H]2C(=O)O[C@H]([C@H](C)C[C@@H]2CC[C@@H](n3cnnn3)[C@H](C)C2)CC(=O)[C@H](C)/C=C(\C)[C@@H](O)[C@@H](C)C(=O)[C@H](C)C[C@H](C)/C=C/C=CC=C1C. The van der Waals surface area contributed by atoms with E-state index in [2.05, 4.69) is 29.4 Å². The number of rotatable bonds is 14. The minimum atomic E-state index is -2.41. The molecule has 135 heavy (non-hydrogen) atoms. The Morgan fingerprint density at radius 3 is 1.33 bits per heavy atom. The van der Waals surface area contributed by atoms with Crippen LogP contribution in [0.25, 0.3) is 0 Å². The lowest BCUT2D eigenvalue weighted by Gasteiger charge is -2.42. The summed E-state index contributed by atoms with van der Waals surface area (Å²) in [7, 11) is 3.18. The van der Waals surface area contributed by atoms with Crippen LogP contribution in [0.1, 0.15) is 292 Å².